The molecule has 5 N–H and O–H groups in total. The maximum Gasteiger partial charge on any atom is 0.241 e. The molecule has 0 heterocycles. The average Bonchev–Trinajstić information content (AvgIpc) is 3.06. The van der Waals surface area contributed by atoms with Crippen LogP contribution in [0, 0.1) is 0 Å². The van der Waals surface area contributed by atoms with Crippen molar-refractivity contribution in [2.45, 2.75) is 206 Å². The fraction of sp³-hybridized carbons (Fsp3) is 0.900. The van der Waals surface area contributed by atoms with E-state index in [2.05, 4.69) is 31.3 Å². The van der Waals surface area contributed by atoms with Crippen molar-refractivity contribution in [1.82, 2.24) is 10.2 Å². The monoisotopic (exact) mass is 649 g/mol. The first-order valence-electron chi connectivity index (χ1n) is 20.2. The van der Waals surface area contributed by atoms with Gasteiger partial charge in [0.2, 0.25) is 11.8 Å². The van der Waals surface area contributed by atoms with Gasteiger partial charge in [0.05, 0.1) is 12.6 Å². The number of allylic oxidation sites excluding steroid dienone is 2. The van der Waals surface area contributed by atoms with Gasteiger partial charge in [-0.1, -0.05) is 167 Å². The minimum atomic E-state index is -0.646. The number of nitrogens with zero attached hydrogens (tertiary/aromatic N) is 1. The Hall–Kier alpha value is -1.40. The maximum absolute atomic E-state index is 13.0. The van der Waals surface area contributed by atoms with E-state index in [9.17, 15) is 9.59 Å². The largest absolute Gasteiger partial charge is 0.346 e. The molecule has 0 fully saturated rings. The predicted molar refractivity (Wildman–Crippen MR) is 201 cm³/mol. The molecule has 0 aromatic carbocycles. The summed E-state index contributed by atoms with van der Waals surface area (Å²) in [6.07, 6.45) is 41.7. The molecule has 0 aliphatic rings. The minimum absolute atomic E-state index is 0.00994. The van der Waals surface area contributed by atoms with Gasteiger partial charge in [-0.3, -0.25) is 9.59 Å². The molecule has 0 radical (unpaired) electrons. The SMILES string of the molecule is CCCCCCCC/C=C/CCCCCCCCN(CCCCCCCCCCCCCCCC)C(=O)CNC(=O)C(N)CCN. The van der Waals surface area contributed by atoms with E-state index in [-0.39, 0.29) is 18.4 Å². The molecule has 0 aliphatic heterocycles. The summed E-state index contributed by atoms with van der Waals surface area (Å²) in [5.41, 5.74) is 11.4. The van der Waals surface area contributed by atoms with Crippen molar-refractivity contribution in [3.63, 3.8) is 0 Å². The highest BCUT2D eigenvalue weighted by Gasteiger charge is 2.17. The van der Waals surface area contributed by atoms with Crippen LogP contribution in [0.5, 0.6) is 0 Å². The van der Waals surface area contributed by atoms with E-state index in [4.69, 9.17) is 11.5 Å². The molecule has 1 unspecified atom stereocenters. The molecule has 0 spiro atoms. The Kier molecular flexibility index (Phi) is 35.3. The molecular weight excluding hydrogens is 568 g/mol. The Morgan fingerprint density at radius 3 is 1.28 bits per heavy atom. The number of carbonyl (C=O) groups is 2. The number of nitrogens with one attached hydrogen (secondary N) is 1. The summed E-state index contributed by atoms with van der Waals surface area (Å²) in [5.74, 6) is -0.275. The van der Waals surface area contributed by atoms with Gasteiger partial charge in [-0.05, 0) is 51.5 Å². The van der Waals surface area contributed by atoms with E-state index in [1.165, 1.54) is 161 Å². The smallest absolute Gasteiger partial charge is 0.241 e. The molecule has 6 heteroatoms. The maximum atomic E-state index is 13.0. The lowest BCUT2D eigenvalue weighted by Gasteiger charge is -2.23. The molecule has 1 atom stereocenters. The topological polar surface area (TPSA) is 101 Å². The average molecular weight is 649 g/mol. The number of hydrogen-bond acceptors (Lipinski definition) is 4. The van der Waals surface area contributed by atoms with Gasteiger partial charge >= 0.3 is 0 Å². The second-order valence-electron chi connectivity index (χ2n) is 13.8. The molecule has 0 aliphatic carbocycles. The van der Waals surface area contributed by atoms with E-state index in [1.807, 2.05) is 4.90 Å². The molecule has 6 nitrogen and oxygen atoms in total. The lowest BCUT2D eigenvalue weighted by molar-refractivity contribution is -0.133. The second-order valence-corrected chi connectivity index (χ2v) is 13.8. The van der Waals surface area contributed by atoms with Gasteiger partial charge < -0.3 is 21.7 Å². The number of nitrogens with two attached hydrogens (primary N) is 2. The Labute approximate surface area is 287 Å². The molecule has 0 aromatic heterocycles. The highest BCUT2D eigenvalue weighted by atomic mass is 16.2. The molecular formula is C40H80N4O2. The summed E-state index contributed by atoms with van der Waals surface area (Å²) in [5, 5.41) is 2.74. The van der Waals surface area contributed by atoms with Crippen LogP contribution in [0.25, 0.3) is 0 Å². The number of unbranched alkanes of at least 4 members (excludes halogenated alkanes) is 25. The first kappa shape index (κ1) is 44.6. The molecule has 46 heavy (non-hydrogen) atoms. The van der Waals surface area contributed by atoms with Crippen LogP contribution in [0.4, 0.5) is 0 Å². The van der Waals surface area contributed by atoms with Crippen LogP contribution in [0.2, 0.25) is 0 Å². The van der Waals surface area contributed by atoms with Gasteiger partial charge in [0.25, 0.3) is 0 Å². The van der Waals surface area contributed by atoms with Gasteiger partial charge in [0.15, 0.2) is 0 Å². The molecule has 0 rings (SSSR count). The third-order valence-corrected chi connectivity index (χ3v) is 9.30. The molecule has 0 aromatic rings. The molecule has 0 bridgehead atoms. The zero-order valence-electron chi connectivity index (χ0n) is 31.0. The number of rotatable bonds is 36. The van der Waals surface area contributed by atoms with E-state index < -0.39 is 6.04 Å². The highest BCUT2D eigenvalue weighted by Crippen LogP contribution is 2.14. The lowest BCUT2D eigenvalue weighted by atomic mass is 10.0. The van der Waals surface area contributed by atoms with Crippen LogP contribution in [0.1, 0.15) is 200 Å². The van der Waals surface area contributed by atoms with Crippen molar-refractivity contribution in [2.24, 2.45) is 11.5 Å². The summed E-state index contributed by atoms with van der Waals surface area (Å²) in [6, 6.07) is -0.646. The number of hydrogen-bond donors (Lipinski definition) is 3. The fourth-order valence-corrected chi connectivity index (χ4v) is 6.12. The summed E-state index contributed by atoms with van der Waals surface area (Å²) in [6.45, 7) is 6.51. The second kappa shape index (κ2) is 36.4. The molecule has 2 amide bonds. The van der Waals surface area contributed by atoms with Crippen LogP contribution in [-0.4, -0.2) is 48.9 Å². The van der Waals surface area contributed by atoms with Gasteiger partial charge in [-0.15, -0.1) is 0 Å². The molecule has 0 saturated carbocycles. The van der Waals surface area contributed by atoms with E-state index in [1.54, 1.807) is 0 Å². The highest BCUT2D eigenvalue weighted by molar-refractivity contribution is 5.87. The van der Waals surface area contributed by atoms with Gasteiger partial charge in [0, 0.05) is 13.1 Å². The Morgan fingerprint density at radius 2 is 0.913 bits per heavy atom. The zero-order valence-corrected chi connectivity index (χ0v) is 31.0. The third kappa shape index (κ3) is 31.2. The number of carbonyl (C=O) groups excluding carboxylic acids is 2. The van der Waals surface area contributed by atoms with Crippen molar-refractivity contribution in [3.05, 3.63) is 12.2 Å². The van der Waals surface area contributed by atoms with Crippen molar-refractivity contribution in [2.75, 3.05) is 26.2 Å². The zero-order chi connectivity index (χ0) is 33.8. The van der Waals surface area contributed by atoms with E-state index >= 15 is 0 Å². The van der Waals surface area contributed by atoms with Crippen LogP contribution < -0.4 is 16.8 Å². The fourth-order valence-electron chi connectivity index (χ4n) is 6.12. The third-order valence-electron chi connectivity index (χ3n) is 9.30. The standard InChI is InChI=1S/C40H80N4O2/c1-3-5-7-9-11-13-15-17-19-20-22-24-26-28-30-32-36-44(39(45)37-43-40(46)38(42)33-34-41)35-31-29-27-25-23-21-18-16-14-12-10-8-6-4-2/h17,19,38H,3-16,18,20-37,41-42H2,1-2H3,(H,43,46)/b19-17+. The first-order chi connectivity index (χ1) is 22.6. The normalized spacial score (nSPS) is 12.2. The van der Waals surface area contributed by atoms with E-state index in [0.717, 1.165) is 32.4 Å². The summed E-state index contributed by atoms with van der Waals surface area (Å²) < 4.78 is 0. The van der Waals surface area contributed by atoms with Crippen LogP contribution >= 0.6 is 0 Å². The van der Waals surface area contributed by atoms with Crippen molar-refractivity contribution in [3.8, 4) is 0 Å². The quantitative estimate of drug-likeness (QED) is 0.0465. The lowest BCUT2D eigenvalue weighted by Crippen LogP contribution is -2.47. The Balaban J connectivity index is 4.12. The summed E-state index contributed by atoms with van der Waals surface area (Å²) in [4.78, 5) is 27.2. The Bertz CT molecular complexity index is 684. The van der Waals surface area contributed by atoms with Gasteiger partial charge in [0.1, 0.15) is 0 Å². The summed E-state index contributed by atoms with van der Waals surface area (Å²) in [7, 11) is 0. The van der Waals surface area contributed by atoms with Crippen LogP contribution in [0.15, 0.2) is 12.2 Å². The minimum Gasteiger partial charge on any atom is -0.346 e. The predicted octanol–water partition coefficient (Wildman–Crippen LogP) is 10.1. The van der Waals surface area contributed by atoms with Crippen LogP contribution in [0.3, 0.4) is 0 Å². The molecule has 0 saturated heterocycles. The van der Waals surface area contributed by atoms with Crippen molar-refractivity contribution in [1.29, 1.82) is 0 Å². The Morgan fingerprint density at radius 1 is 0.565 bits per heavy atom. The van der Waals surface area contributed by atoms with Gasteiger partial charge in [-0.25, -0.2) is 0 Å². The van der Waals surface area contributed by atoms with Gasteiger partial charge in [-0.2, -0.15) is 0 Å². The van der Waals surface area contributed by atoms with Crippen LogP contribution in [-0.2, 0) is 9.59 Å². The summed E-state index contributed by atoms with van der Waals surface area (Å²) >= 11 is 0. The first-order valence-corrected chi connectivity index (χ1v) is 20.2. The van der Waals surface area contributed by atoms with E-state index in [0.29, 0.717) is 13.0 Å². The molecule has 272 valence electrons. The number of amides is 2. The van der Waals surface area contributed by atoms with Crippen molar-refractivity contribution < 1.29 is 9.59 Å². The van der Waals surface area contributed by atoms with Crippen molar-refractivity contribution >= 4 is 11.8 Å².